The predicted molar refractivity (Wildman–Crippen MR) is 122 cm³/mol. The molecule has 1 N–H and O–H groups in total. The lowest BCUT2D eigenvalue weighted by Crippen LogP contribution is -2.49. The van der Waals surface area contributed by atoms with E-state index in [1.165, 1.54) is 0 Å². The molecule has 4 nitrogen and oxygen atoms in total. The molecule has 0 radical (unpaired) electrons. The number of rotatable bonds is 8. The van der Waals surface area contributed by atoms with Crippen molar-refractivity contribution in [1.29, 1.82) is 0 Å². The normalized spacial score (nSPS) is 12.9. The van der Waals surface area contributed by atoms with Gasteiger partial charge in [-0.2, -0.15) is 0 Å². The fourth-order valence-corrected chi connectivity index (χ4v) is 3.35. The van der Waals surface area contributed by atoms with Crippen molar-refractivity contribution >= 4 is 50.9 Å². The van der Waals surface area contributed by atoms with Gasteiger partial charge in [0.1, 0.15) is 6.04 Å². The van der Waals surface area contributed by atoms with Crippen molar-refractivity contribution in [3.63, 3.8) is 0 Å². The van der Waals surface area contributed by atoms with Crippen molar-refractivity contribution in [2.75, 3.05) is 0 Å². The molecule has 0 aliphatic heterocycles. The van der Waals surface area contributed by atoms with Crippen molar-refractivity contribution in [3.8, 4) is 0 Å². The van der Waals surface area contributed by atoms with Crippen LogP contribution in [0.5, 0.6) is 0 Å². The van der Waals surface area contributed by atoms with Gasteiger partial charge in [0.2, 0.25) is 11.8 Å². The quantitative estimate of drug-likeness (QED) is 0.511. The topological polar surface area (TPSA) is 49.4 Å². The Kier molecular flexibility index (Phi) is 9.00. The van der Waals surface area contributed by atoms with Crippen LogP contribution in [0.4, 0.5) is 0 Å². The lowest BCUT2D eigenvalue weighted by Gasteiger charge is -2.30. The van der Waals surface area contributed by atoms with Crippen LogP contribution in [0.3, 0.4) is 0 Å². The van der Waals surface area contributed by atoms with Crippen molar-refractivity contribution in [3.05, 3.63) is 68.1 Å². The van der Waals surface area contributed by atoms with Gasteiger partial charge in [0.05, 0.1) is 16.5 Å². The Bertz CT molecular complexity index is 858. The summed E-state index contributed by atoms with van der Waals surface area (Å²) in [6.07, 6.45) is 0.955. The maximum Gasteiger partial charge on any atom is 0.242 e. The van der Waals surface area contributed by atoms with Gasteiger partial charge >= 0.3 is 0 Å². The monoisotopic (exact) mass is 498 g/mol. The second kappa shape index (κ2) is 11.0. The van der Waals surface area contributed by atoms with Gasteiger partial charge in [-0.05, 0) is 55.7 Å². The van der Waals surface area contributed by atoms with E-state index < -0.39 is 6.04 Å². The van der Waals surface area contributed by atoms with E-state index in [0.29, 0.717) is 16.6 Å². The molecule has 2 atom stereocenters. The maximum absolute atomic E-state index is 13.1. The van der Waals surface area contributed by atoms with E-state index in [1.54, 1.807) is 30.0 Å². The van der Waals surface area contributed by atoms with Crippen molar-refractivity contribution in [2.45, 2.75) is 52.2 Å². The summed E-state index contributed by atoms with van der Waals surface area (Å²) in [5, 5.41) is 3.80. The average molecular weight is 500 g/mol. The molecule has 156 valence electrons. The fraction of sp³-hybridized carbons (Fsp3) is 0.364. The zero-order chi connectivity index (χ0) is 21.6. The molecule has 0 fully saturated rings. The molecule has 0 unspecified atom stereocenters. The molecule has 2 aromatic rings. The minimum absolute atomic E-state index is 0.0460. The van der Waals surface area contributed by atoms with Gasteiger partial charge in [-0.15, -0.1) is 0 Å². The Balaban J connectivity index is 2.23. The molecular formula is C22H25BrCl2N2O2. The van der Waals surface area contributed by atoms with Gasteiger partial charge in [0.15, 0.2) is 0 Å². The lowest BCUT2D eigenvalue weighted by atomic mass is 10.1. The number of nitrogens with zero attached hydrogens (tertiary/aromatic N) is 1. The summed E-state index contributed by atoms with van der Waals surface area (Å²) in [6.45, 7) is 6.04. The van der Waals surface area contributed by atoms with Gasteiger partial charge in [-0.25, -0.2) is 0 Å². The van der Waals surface area contributed by atoms with E-state index in [-0.39, 0.29) is 24.3 Å². The number of carbonyl (C=O) groups is 2. The van der Waals surface area contributed by atoms with Crippen LogP contribution in [0.1, 0.15) is 38.3 Å². The number of benzene rings is 2. The highest BCUT2D eigenvalue weighted by Crippen LogP contribution is 2.23. The lowest BCUT2D eigenvalue weighted by molar-refractivity contribution is -0.140. The van der Waals surface area contributed by atoms with Gasteiger partial charge in [0, 0.05) is 17.1 Å². The zero-order valence-electron chi connectivity index (χ0n) is 16.7. The molecule has 2 amide bonds. The number of carbonyl (C=O) groups excluding carboxylic acids is 2. The minimum atomic E-state index is -0.608. The Morgan fingerprint density at radius 1 is 1.03 bits per heavy atom. The molecule has 0 bridgehead atoms. The predicted octanol–water partition coefficient (Wildman–Crippen LogP) is 5.63. The third kappa shape index (κ3) is 7.02. The largest absolute Gasteiger partial charge is 0.352 e. The summed E-state index contributed by atoms with van der Waals surface area (Å²) in [5.74, 6) is -0.322. The van der Waals surface area contributed by atoms with Crippen LogP contribution in [-0.2, 0) is 22.6 Å². The molecule has 7 heteroatoms. The van der Waals surface area contributed by atoms with Crippen LogP contribution in [0.15, 0.2) is 46.9 Å². The number of hydrogen-bond acceptors (Lipinski definition) is 2. The second-order valence-electron chi connectivity index (χ2n) is 7.07. The third-order valence-electron chi connectivity index (χ3n) is 4.77. The Morgan fingerprint density at radius 3 is 2.24 bits per heavy atom. The molecule has 0 spiro atoms. The summed E-state index contributed by atoms with van der Waals surface area (Å²) < 4.78 is 0.956. The van der Waals surface area contributed by atoms with Gasteiger partial charge in [0.25, 0.3) is 0 Å². The van der Waals surface area contributed by atoms with E-state index in [4.69, 9.17) is 23.2 Å². The van der Waals surface area contributed by atoms with Crippen LogP contribution in [-0.4, -0.2) is 28.8 Å². The molecule has 0 aromatic heterocycles. The first-order valence-electron chi connectivity index (χ1n) is 9.49. The van der Waals surface area contributed by atoms with Gasteiger partial charge in [-0.3, -0.25) is 9.59 Å². The van der Waals surface area contributed by atoms with E-state index in [9.17, 15) is 9.59 Å². The summed E-state index contributed by atoms with van der Waals surface area (Å²) in [7, 11) is 0. The Morgan fingerprint density at radius 2 is 1.66 bits per heavy atom. The molecule has 29 heavy (non-hydrogen) atoms. The molecule has 0 aliphatic carbocycles. The number of nitrogens with one attached hydrogen (secondary N) is 1. The van der Waals surface area contributed by atoms with E-state index in [1.807, 2.05) is 38.1 Å². The number of hydrogen-bond donors (Lipinski definition) is 1. The first-order chi connectivity index (χ1) is 13.7. The van der Waals surface area contributed by atoms with Gasteiger partial charge in [-0.1, -0.05) is 64.3 Å². The Hall–Kier alpha value is -1.56. The fourth-order valence-electron chi connectivity index (χ4n) is 2.76. The highest BCUT2D eigenvalue weighted by Gasteiger charge is 2.27. The van der Waals surface area contributed by atoms with Crippen molar-refractivity contribution < 1.29 is 9.59 Å². The van der Waals surface area contributed by atoms with E-state index in [0.717, 1.165) is 22.0 Å². The van der Waals surface area contributed by atoms with Crippen LogP contribution in [0.25, 0.3) is 0 Å². The first-order valence-corrected chi connectivity index (χ1v) is 11.0. The molecular weight excluding hydrogens is 475 g/mol. The molecule has 0 saturated heterocycles. The summed E-state index contributed by atoms with van der Waals surface area (Å²) in [6, 6.07) is 12.3. The SMILES string of the molecule is CC[C@H](C)NC(=O)[C@H](C)N(Cc1ccc(Br)cc1)C(=O)Cc1ccc(Cl)c(Cl)c1. The summed E-state index contributed by atoms with van der Waals surface area (Å²) >= 11 is 15.5. The highest BCUT2D eigenvalue weighted by atomic mass is 79.9. The summed E-state index contributed by atoms with van der Waals surface area (Å²) in [4.78, 5) is 27.4. The number of halogens is 3. The van der Waals surface area contributed by atoms with Crippen LogP contribution in [0, 0.1) is 0 Å². The summed E-state index contributed by atoms with van der Waals surface area (Å²) in [5.41, 5.74) is 1.69. The van der Waals surface area contributed by atoms with E-state index in [2.05, 4.69) is 21.2 Å². The van der Waals surface area contributed by atoms with Crippen LogP contribution >= 0.6 is 39.1 Å². The van der Waals surface area contributed by atoms with Gasteiger partial charge < -0.3 is 10.2 Å². The maximum atomic E-state index is 13.1. The number of amides is 2. The molecule has 0 saturated carbocycles. The van der Waals surface area contributed by atoms with Crippen LogP contribution in [0.2, 0.25) is 10.0 Å². The first kappa shape index (κ1) is 23.7. The van der Waals surface area contributed by atoms with Crippen LogP contribution < -0.4 is 5.32 Å². The minimum Gasteiger partial charge on any atom is -0.352 e. The second-order valence-corrected chi connectivity index (χ2v) is 8.80. The highest BCUT2D eigenvalue weighted by molar-refractivity contribution is 9.10. The van der Waals surface area contributed by atoms with E-state index >= 15 is 0 Å². The standard InChI is InChI=1S/C22H25BrCl2N2O2/c1-4-14(2)26-22(29)15(3)27(13-16-5-8-18(23)9-6-16)21(28)12-17-7-10-19(24)20(25)11-17/h5-11,14-15H,4,12-13H2,1-3H3,(H,26,29)/t14-,15-/m0/s1. The Labute approximate surface area is 190 Å². The van der Waals surface area contributed by atoms with Crippen molar-refractivity contribution in [1.82, 2.24) is 10.2 Å². The zero-order valence-corrected chi connectivity index (χ0v) is 19.8. The smallest absolute Gasteiger partial charge is 0.242 e. The third-order valence-corrected chi connectivity index (χ3v) is 6.04. The molecule has 2 aromatic carbocycles. The average Bonchev–Trinajstić information content (AvgIpc) is 2.69. The molecule has 2 rings (SSSR count). The molecule has 0 aliphatic rings. The van der Waals surface area contributed by atoms with Crippen molar-refractivity contribution in [2.24, 2.45) is 0 Å². The molecule has 0 heterocycles.